The smallest absolute Gasteiger partial charge is 0.251 e. The molecule has 194 valence electrons. The third kappa shape index (κ3) is 5.66. The first-order valence-electron chi connectivity index (χ1n) is 12.9. The summed E-state index contributed by atoms with van der Waals surface area (Å²) >= 11 is 12.1. The number of amides is 1. The van der Waals surface area contributed by atoms with E-state index in [4.69, 9.17) is 33.2 Å². The molecule has 5 nitrogen and oxygen atoms in total. The Morgan fingerprint density at radius 2 is 1.44 bits per heavy atom. The fourth-order valence-corrected chi connectivity index (χ4v) is 5.32. The Kier molecular flexibility index (Phi) is 7.29. The van der Waals surface area contributed by atoms with Gasteiger partial charge in [0, 0.05) is 42.4 Å². The van der Waals surface area contributed by atoms with Gasteiger partial charge in [0.25, 0.3) is 5.91 Å². The molecule has 39 heavy (non-hydrogen) atoms. The molecule has 0 saturated carbocycles. The van der Waals surface area contributed by atoms with E-state index in [1.807, 2.05) is 42.5 Å². The van der Waals surface area contributed by atoms with Crippen molar-refractivity contribution in [2.45, 2.75) is 19.0 Å². The molecule has 1 atom stereocenters. The number of fused-ring (bicyclic) bond motifs is 1. The van der Waals surface area contributed by atoms with Gasteiger partial charge in [0.2, 0.25) is 0 Å². The average Bonchev–Trinajstić information content (AvgIpc) is 3.41. The molecule has 0 radical (unpaired) electrons. The molecule has 1 aromatic heterocycles. The molecule has 0 unspecified atom stereocenters. The highest BCUT2D eigenvalue weighted by atomic mass is 35.5. The van der Waals surface area contributed by atoms with Gasteiger partial charge >= 0.3 is 0 Å². The Balaban J connectivity index is 1.16. The van der Waals surface area contributed by atoms with Gasteiger partial charge in [-0.1, -0.05) is 89.9 Å². The maximum absolute atomic E-state index is 12.7. The lowest BCUT2D eigenvalue weighted by atomic mass is 10.0. The molecule has 1 fully saturated rings. The van der Waals surface area contributed by atoms with E-state index >= 15 is 0 Å². The van der Waals surface area contributed by atoms with Crippen molar-refractivity contribution in [3.8, 4) is 22.5 Å². The van der Waals surface area contributed by atoms with Gasteiger partial charge in [-0.05, 0) is 42.3 Å². The molecule has 0 spiro atoms. The predicted octanol–water partition coefficient (Wildman–Crippen LogP) is 7.27. The van der Waals surface area contributed by atoms with Crippen LogP contribution in [-0.2, 0) is 6.54 Å². The Bertz CT molecular complexity index is 1640. The molecule has 1 N–H and O–H groups in total. The molecule has 0 bridgehead atoms. The van der Waals surface area contributed by atoms with Crippen LogP contribution in [0.3, 0.4) is 0 Å². The van der Waals surface area contributed by atoms with Gasteiger partial charge in [0.1, 0.15) is 0 Å². The number of para-hydroxylation sites is 2. The standard InChI is InChI=1S/C32H26Cl2N4O/c33-26-15-14-24(18-27(26)34)32(39)35-25-16-17-38(20-25)19-21-10-12-23(13-11-21)31-30(22-6-2-1-3-7-22)36-28-8-4-5-9-29(28)37-31/h1-15,18,25H,16-17,19-20H2,(H,35,39)/t25-/m1/s1. The summed E-state index contributed by atoms with van der Waals surface area (Å²) in [6, 6.07) is 31.8. The van der Waals surface area contributed by atoms with Gasteiger partial charge < -0.3 is 5.32 Å². The molecular weight excluding hydrogens is 527 g/mol. The highest BCUT2D eigenvalue weighted by Crippen LogP contribution is 2.31. The molecule has 0 aliphatic carbocycles. The van der Waals surface area contributed by atoms with Crippen molar-refractivity contribution in [2.24, 2.45) is 0 Å². The van der Waals surface area contributed by atoms with Gasteiger partial charge in [-0.3, -0.25) is 9.69 Å². The number of rotatable bonds is 6. The predicted molar refractivity (Wildman–Crippen MR) is 158 cm³/mol. The summed E-state index contributed by atoms with van der Waals surface area (Å²) < 4.78 is 0. The van der Waals surface area contributed by atoms with Crippen molar-refractivity contribution < 1.29 is 4.79 Å². The number of carbonyl (C=O) groups excluding carboxylic acids is 1. The molecule has 1 aliphatic heterocycles. The summed E-state index contributed by atoms with van der Waals surface area (Å²) in [5, 5.41) is 3.95. The summed E-state index contributed by atoms with van der Waals surface area (Å²) in [6.45, 7) is 2.53. The molecule has 1 amide bonds. The molecule has 1 aliphatic rings. The Hall–Kier alpha value is -3.77. The minimum absolute atomic E-state index is 0.0903. The van der Waals surface area contributed by atoms with Crippen LogP contribution in [0, 0.1) is 0 Å². The zero-order valence-corrected chi connectivity index (χ0v) is 22.7. The average molecular weight is 553 g/mol. The second-order valence-electron chi connectivity index (χ2n) is 9.80. The maximum Gasteiger partial charge on any atom is 0.251 e. The van der Waals surface area contributed by atoms with Crippen molar-refractivity contribution in [3.05, 3.63) is 118 Å². The van der Waals surface area contributed by atoms with Crippen LogP contribution in [0.4, 0.5) is 0 Å². The van der Waals surface area contributed by atoms with E-state index in [2.05, 4.69) is 46.6 Å². The van der Waals surface area contributed by atoms with Gasteiger partial charge in [-0.2, -0.15) is 0 Å². The molecule has 4 aromatic carbocycles. The summed E-state index contributed by atoms with van der Waals surface area (Å²) in [5.74, 6) is -0.129. The van der Waals surface area contributed by atoms with E-state index < -0.39 is 0 Å². The summed E-state index contributed by atoms with van der Waals surface area (Å²) in [5.41, 5.74) is 7.31. The highest BCUT2D eigenvalue weighted by molar-refractivity contribution is 6.42. The monoisotopic (exact) mass is 552 g/mol. The number of nitrogens with zero attached hydrogens (tertiary/aromatic N) is 3. The van der Waals surface area contributed by atoms with Gasteiger partial charge in [0.15, 0.2) is 0 Å². The van der Waals surface area contributed by atoms with Crippen molar-refractivity contribution in [3.63, 3.8) is 0 Å². The van der Waals surface area contributed by atoms with Crippen molar-refractivity contribution >= 4 is 40.1 Å². The maximum atomic E-state index is 12.7. The number of nitrogens with one attached hydrogen (secondary N) is 1. The third-order valence-corrected chi connectivity index (χ3v) is 7.78. The van der Waals surface area contributed by atoms with Crippen LogP contribution in [0.5, 0.6) is 0 Å². The Morgan fingerprint density at radius 3 is 2.10 bits per heavy atom. The topological polar surface area (TPSA) is 58.1 Å². The zero-order valence-electron chi connectivity index (χ0n) is 21.1. The fourth-order valence-electron chi connectivity index (χ4n) is 5.03. The van der Waals surface area contributed by atoms with Crippen molar-refractivity contribution in [2.75, 3.05) is 13.1 Å². The quantitative estimate of drug-likeness (QED) is 0.240. The number of hydrogen-bond donors (Lipinski definition) is 1. The van der Waals surface area contributed by atoms with E-state index in [-0.39, 0.29) is 11.9 Å². The minimum Gasteiger partial charge on any atom is -0.348 e. The summed E-state index contributed by atoms with van der Waals surface area (Å²) in [4.78, 5) is 25.0. The third-order valence-electron chi connectivity index (χ3n) is 7.04. The number of aromatic nitrogens is 2. The van der Waals surface area contributed by atoms with Crippen molar-refractivity contribution in [1.29, 1.82) is 0 Å². The number of likely N-dealkylation sites (tertiary alicyclic amines) is 1. The number of carbonyl (C=O) groups is 1. The molecule has 5 aromatic rings. The van der Waals surface area contributed by atoms with Crippen LogP contribution >= 0.6 is 23.2 Å². The van der Waals surface area contributed by atoms with E-state index in [0.29, 0.717) is 15.6 Å². The van der Waals surface area contributed by atoms with Crippen LogP contribution in [0.1, 0.15) is 22.3 Å². The normalized spacial score (nSPS) is 15.5. The largest absolute Gasteiger partial charge is 0.348 e. The molecular formula is C32H26Cl2N4O. The van der Waals surface area contributed by atoms with Crippen LogP contribution in [0.25, 0.3) is 33.5 Å². The van der Waals surface area contributed by atoms with Crippen LogP contribution in [0.15, 0.2) is 97.1 Å². The number of benzene rings is 4. The molecule has 7 heteroatoms. The fraction of sp³-hybridized carbons (Fsp3) is 0.156. The van der Waals surface area contributed by atoms with Gasteiger partial charge in [-0.25, -0.2) is 9.97 Å². The first kappa shape index (κ1) is 25.5. The molecule has 2 heterocycles. The van der Waals surface area contributed by atoms with Crippen molar-refractivity contribution in [1.82, 2.24) is 20.2 Å². The first-order chi connectivity index (χ1) is 19.0. The van der Waals surface area contributed by atoms with E-state index in [1.54, 1.807) is 18.2 Å². The van der Waals surface area contributed by atoms with E-state index in [1.165, 1.54) is 5.56 Å². The summed E-state index contributed by atoms with van der Waals surface area (Å²) in [7, 11) is 0. The minimum atomic E-state index is -0.129. The molecule has 6 rings (SSSR count). The lowest BCUT2D eigenvalue weighted by Crippen LogP contribution is -2.37. The zero-order chi connectivity index (χ0) is 26.8. The first-order valence-corrected chi connectivity index (χ1v) is 13.7. The number of halogens is 2. The van der Waals surface area contributed by atoms with E-state index in [9.17, 15) is 4.79 Å². The van der Waals surface area contributed by atoms with Crippen LogP contribution < -0.4 is 5.32 Å². The SMILES string of the molecule is O=C(N[C@@H]1CCN(Cc2ccc(-c3nc4ccccc4nc3-c3ccccc3)cc2)C1)c1ccc(Cl)c(Cl)c1. The van der Waals surface area contributed by atoms with E-state index in [0.717, 1.165) is 59.6 Å². The number of hydrogen-bond acceptors (Lipinski definition) is 4. The lowest BCUT2D eigenvalue weighted by Gasteiger charge is -2.17. The summed E-state index contributed by atoms with van der Waals surface area (Å²) in [6.07, 6.45) is 0.901. The van der Waals surface area contributed by atoms with Gasteiger partial charge in [0.05, 0.1) is 32.5 Å². The molecule has 1 saturated heterocycles. The second-order valence-corrected chi connectivity index (χ2v) is 10.6. The second kappa shape index (κ2) is 11.1. The van der Waals surface area contributed by atoms with Gasteiger partial charge in [-0.15, -0.1) is 0 Å². The van der Waals surface area contributed by atoms with Crippen LogP contribution in [-0.4, -0.2) is 39.9 Å². The van der Waals surface area contributed by atoms with Crippen LogP contribution in [0.2, 0.25) is 10.0 Å². The Labute approximate surface area is 237 Å². The Morgan fingerprint density at radius 1 is 0.795 bits per heavy atom. The highest BCUT2D eigenvalue weighted by Gasteiger charge is 2.24. The lowest BCUT2D eigenvalue weighted by molar-refractivity contribution is 0.0937.